The minimum atomic E-state index is -0.00136. The highest BCUT2D eigenvalue weighted by atomic mass is 16.2. The normalized spacial score (nSPS) is 15.7. The van der Waals surface area contributed by atoms with Gasteiger partial charge in [0.2, 0.25) is 0 Å². The van der Waals surface area contributed by atoms with Gasteiger partial charge in [-0.3, -0.25) is 4.79 Å². The lowest BCUT2D eigenvalue weighted by atomic mass is 9.87. The second-order valence-electron chi connectivity index (χ2n) is 8.61. The molecule has 0 bridgehead atoms. The first-order valence-electron chi connectivity index (χ1n) is 9.75. The monoisotopic (exact) mass is 366 g/mol. The third-order valence-corrected chi connectivity index (χ3v) is 5.15. The Bertz CT molecular complexity index is 800. The molecule has 1 amide bonds. The SMILES string of the molecule is Cc1nc(Nc2ccc(C(C)(C)C)cc2)cc(C(=O)N2CCC(C)CC2)n1. The minimum Gasteiger partial charge on any atom is -0.340 e. The molecular weight excluding hydrogens is 336 g/mol. The maximum atomic E-state index is 12.8. The summed E-state index contributed by atoms with van der Waals surface area (Å²) in [5.74, 6) is 1.94. The molecule has 0 unspecified atom stereocenters. The molecule has 5 heteroatoms. The van der Waals surface area contributed by atoms with E-state index in [-0.39, 0.29) is 11.3 Å². The molecule has 2 heterocycles. The summed E-state index contributed by atoms with van der Waals surface area (Å²) in [6, 6.07) is 10.1. The molecule has 1 fully saturated rings. The molecule has 0 aliphatic carbocycles. The molecule has 1 aliphatic rings. The van der Waals surface area contributed by atoms with Crippen LogP contribution in [0.4, 0.5) is 11.5 Å². The van der Waals surface area contributed by atoms with E-state index in [1.54, 1.807) is 6.07 Å². The van der Waals surface area contributed by atoms with E-state index in [0.29, 0.717) is 23.3 Å². The van der Waals surface area contributed by atoms with E-state index in [2.05, 4.69) is 55.1 Å². The highest BCUT2D eigenvalue weighted by molar-refractivity contribution is 5.93. The molecule has 5 nitrogen and oxygen atoms in total. The van der Waals surface area contributed by atoms with Crippen LogP contribution in [-0.2, 0) is 5.41 Å². The van der Waals surface area contributed by atoms with Gasteiger partial charge in [0.1, 0.15) is 17.3 Å². The van der Waals surface area contributed by atoms with Crippen LogP contribution in [0.1, 0.15) is 62.4 Å². The summed E-state index contributed by atoms with van der Waals surface area (Å²) in [5.41, 5.74) is 2.81. The van der Waals surface area contributed by atoms with E-state index in [9.17, 15) is 4.79 Å². The number of rotatable bonds is 3. The standard InChI is InChI=1S/C22H30N4O/c1-15-10-12-26(13-11-15)21(27)19-14-20(24-16(2)23-19)25-18-8-6-17(7-9-18)22(3,4)5/h6-9,14-15H,10-13H2,1-5H3,(H,23,24,25). The Kier molecular flexibility index (Phi) is 5.49. The summed E-state index contributed by atoms with van der Waals surface area (Å²) < 4.78 is 0. The average Bonchev–Trinajstić information content (AvgIpc) is 2.61. The number of amides is 1. The van der Waals surface area contributed by atoms with Crippen molar-refractivity contribution < 1.29 is 4.79 Å². The summed E-state index contributed by atoms with van der Waals surface area (Å²) in [6.45, 7) is 12.3. The second-order valence-corrected chi connectivity index (χ2v) is 8.61. The van der Waals surface area contributed by atoms with Crippen molar-refractivity contribution in [2.45, 2.75) is 52.9 Å². The molecule has 2 aromatic rings. The fraction of sp³-hybridized carbons (Fsp3) is 0.500. The number of benzene rings is 1. The number of nitrogens with one attached hydrogen (secondary N) is 1. The molecule has 1 N–H and O–H groups in total. The van der Waals surface area contributed by atoms with Gasteiger partial charge in [0.05, 0.1) is 0 Å². The fourth-order valence-electron chi connectivity index (χ4n) is 3.32. The number of likely N-dealkylation sites (tertiary alicyclic amines) is 1. The van der Waals surface area contributed by atoms with Crippen molar-refractivity contribution >= 4 is 17.4 Å². The van der Waals surface area contributed by atoms with Crippen LogP contribution in [0, 0.1) is 12.8 Å². The van der Waals surface area contributed by atoms with E-state index < -0.39 is 0 Å². The summed E-state index contributed by atoms with van der Waals surface area (Å²) in [6.07, 6.45) is 2.11. The van der Waals surface area contributed by atoms with Gasteiger partial charge < -0.3 is 10.2 Å². The zero-order chi connectivity index (χ0) is 19.6. The number of nitrogens with zero attached hydrogens (tertiary/aromatic N) is 3. The van der Waals surface area contributed by atoms with E-state index in [4.69, 9.17) is 0 Å². The van der Waals surface area contributed by atoms with Crippen LogP contribution in [0.25, 0.3) is 0 Å². The molecule has 1 aromatic carbocycles. The number of hydrogen-bond donors (Lipinski definition) is 1. The molecule has 0 saturated carbocycles. The maximum absolute atomic E-state index is 12.8. The minimum absolute atomic E-state index is 0.00136. The van der Waals surface area contributed by atoms with Gasteiger partial charge in [0.15, 0.2) is 0 Å². The average molecular weight is 367 g/mol. The van der Waals surface area contributed by atoms with Crippen molar-refractivity contribution in [3.8, 4) is 0 Å². The van der Waals surface area contributed by atoms with E-state index in [0.717, 1.165) is 31.6 Å². The van der Waals surface area contributed by atoms with Crippen molar-refractivity contribution in [1.29, 1.82) is 0 Å². The molecule has 1 aromatic heterocycles. The predicted molar refractivity (Wildman–Crippen MR) is 109 cm³/mol. The van der Waals surface area contributed by atoms with Crippen LogP contribution < -0.4 is 5.32 Å². The number of piperidine rings is 1. The number of carbonyl (C=O) groups excluding carboxylic acids is 1. The number of hydrogen-bond acceptors (Lipinski definition) is 4. The Labute approximate surface area is 162 Å². The zero-order valence-electron chi connectivity index (χ0n) is 17.0. The lowest BCUT2D eigenvalue weighted by Crippen LogP contribution is -2.38. The predicted octanol–water partition coefficient (Wildman–Crippen LogP) is 4.70. The summed E-state index contributed by atoms with van der Waals surface area (Å²) in [5, 5.41) is 3.31. The van der Waals surface area contributed by atoms with Crippen LogP contribution in [-0.4, -0.2) is 33.9 Å². The Morgan fingerprint density at radius 1 is 1.11 bits per heavy atom. The largest absolute Gasteiger partial charge is 0.340 e. The molecule has 1 aliphatic heterocycles. The van der Waals surface area contributed by atoms with Crippen molar-refractivity contribution in [1.82, 2.24) is 14.9 Å². The fourth-order valence-corrected chi connectivity index (χ4v) is 3.32. The first-order chi connectivity index (χ1) is 12.7. The van der Waals surface area contributed by atoms with Crippen molar-refractivity contribution in [3.63, 3.8) is 0 Å². The van der Waals surface area contributed by atoms with Gasteiger partial charge in [0, 0.05) is 24.8 Å². The summed E-state index contributed by atoms with van der Waals surface area (Å²) in [4.78, 5) is 23.6. The summed E-state index contributed by atoms with van der Waals surface area (Å²) >= 11 is 0. The van der Waals surface area contributed by atoms with Gasteiger partial charge in [-0.1, -0.05) is 39.8 Å². The highest BCUT2D eigenvalue weighted by Gasteiger charge is 2.23. The molecule has 144 valence electrons. The molecule has 3 rings (SSSR count). The number of aromatic nitrogens is 2. The third kappa shape index (κ3) is 4.85. The Morgan fingerprint density at radius 3 is 2.33 bits per heavy atom. The van der Waals surface area contributed by atoms with Gasteiger partial charge >= 0.3 is 0 Å². The molecule has 27 heavy (non-hydrogen) atoms. The van der Waals surface area contributed by atoms with Gasteiger partial charge in [0.25, 0.3) is 5.91 Å². The van der Waals surface area contributed by atoms with Crippen LogP contribution in [0.15, 0.2) is 30.3 Å². The van der Waals surface area contributed by atoms with E-state index in [1.165, 1.54) is 5.56 Å². The Hall–Kier alpha value is -2.43. The maximum Gasteiger partial charge on any atom is 0.272 e. The number of aryl methyl sites for hydroxylation is 1. The van der Waals surface area contributed by atoms with Crippen molar-refractivity contribution in [2.24, 2.45) is 5.92 Å². The Morgan fingerprint density at radius 2 is 1.74 bits per heavy atom. The molecule has 1 saturated heterocycles. The molecule has 0 spiro atoms. The van der Waals surface area contributed by atoms with E-state index >= 15 is 0 Å². The van der Waals surface area contributed by atoms with Gasteiger partial charge in [-0.05, 0) is 48.8 Å². The number of carbonyl (C=O) groups is 1. The number of anilines is 2. The van der Waals surface area contributed by atoms with Gasteiger partial charge in [-0.2, -0.15) is 0 Å². The Balaban J connectivity index is 1.76. The smallest absolute Gasteiger partial charge is 0.272 e. The topological polar surface area (TPSA) is 58.1 Å². The summed E-state index contributed by atoms with van der Waals surface area (Å²) in [7, 11) is 0. The lowest BCUT2D eigenvalue weighted by molar-refractivity contribution is 0.0691. The van der Waals surface area contributed by atoms with Crippen LogP contribution in [0.3, 0.4) is 0 Å². The first kappa shape index (κ1) is 19.3. The molecule has 0 atom stereocenters. The van der Waals surface area contributed by atoms with Gasteiger partial charge in [-0.15, -0.1) is 0 Å². The van der Waals surface area contributed by atoms with Crippen molar-refractivity contribution in [2.75, 3.05) is 18.4 Å². The first-order valence-corrected chi connectivity index (χ1v) is 9.75. The zero-order valence-corrected chi connectivity index (χ0v) is 17.0. The van der Waals surface area contributed by atoms with Gasteiger partial charge in [-0.25, -0.2) is 9.97 Å². The van der Waals surface area contributed by atoms with Crippen molar-refractivity contribution in [3.05, 3.63) is 47.4 Å². The van der Waals surface area contributed by atoms with Crippen LogP contribution in [0.2, 0.25) is 0 Å². The highest BCUT2D eigenvalue weighted by Crippen LogP contribution is 2.25. The van der Waals surface area contributed by atoms with E-state index in [1.807, 2.05) is 24.0 Å². The molecular formula is C22H30N4O. The lowest BCUT2D eigenvalue weighted by Gasteiger charge is -2.30. The second kappa shape index (κ2) is 7.67. The third-order valence-electron chi connectivity index (χ3n) is 5.15. The van der Waals surface area contributed by atoms with Crippen LogP contribution in [0.5, 0.6) is 0 Å². The van der Waals surface area contributed by atoms with Crippen LogP contribution >= 0.6 is 0 Å². The quantitative estimate of drug-likeness (QED) is 0.855. The molecule has 0 radical (unpaired) electrons.